The molecule has 0 aromatic heterocycles. The Bertz CT molecular complexity index is 51.9. The van der Waals surface area contributed by atoms with Gasteiger partial charge < -0.3 is 0 Å². The van der Waals surface area contributed by atoms with Crippen LogP contribution in [0.1, 0.15) is 27.7 Å². The maximum Gasteiger partial charge on any atom is 0.0873 e. The van der Waals surface area contributed by atoms with Gasteiger partial charge in [-0.1, -0.05) is 13.8 Å². The van der Waals surface area contributed by atoms with Gasteiger partial charge in [-0.15, -0.1) is 0 Å². The van der Waals surface area contributed by atoms with E-state index in [2.05, 4.69) is 13.8 Å². The topological polar surface area (TPSA) is 18.5 Å². The second-order valence-corrected chi connectivity index (χ2v) is 2.82. The first-order valence-electron chi connectivity index (χ1n) is 3.41. The van der Waals surface area contributed by atoms with E-state index >= 15 is 0 Å². The van der Waals surface area contributed by atoms with Gasteiger partial charge in [0.2, 0.25) is 0 Å². The highest BCUT2D eigenvalue weighted by molar-refractivity contribution is 4.35. The van der Waals surface area contributed by atoms with Crippen molar-refractivity contribution in [1.82, 2.24) is 0 Å². The molecular weight excluding hydrogens is 116 g/mol. The molecule has 0 heterocycles. The Hall–Kier alpha value is -0.0800. The summed E-state index contributed by atoms with van der Waals surface area (Å²) in [5.74, 6) is 0.545. The second kappa shape index (κ2) is 4.77. The molecule has 0 aromatic carbocycles. The van der Waals surface area contributed by atoms with E-state index in [1.807, 2.05) is 13.8 Å². The molecule has 2 nitrogen and oxygen atoms in total. The summed E-state index contributed by atoms with van der Waals surface area (Å²) in [7, 11) is 0. The van der Waals surface area contributed by atoms with Crippen molar-refractivity contribution >= 4 is 0 Å². The van der Waals surface area contributed by atoms with Gasteiger partial charge in [-0.05, 0) is 19.8 Å². The average molecular weight is 132 g/mol. The minimum absolute atomic E-state index is 0.170. The van der Waals surface area contributed by atoms with Crippen LogP contribution in [0.25, 0.3) is 0 Å². The molecule has 2 heteroatoms. The molecule has 0 fully saturated rings. The highest BCUT2D eigenvalue weighted by atomic mass is 17.2. The standard InChI is InChI=1S/C7H16O2/c1-6(2)5-8-9-7(3)4/h6-7H,5H2,1-4H3. The molecule has 0 aromatic rings. The van der Waals surface area contributed by atoms with Gasteiger partial charge in [0.05, 0.1) is 12.7 Å². The van der Waals surface area contributed by atoms with E-state index in [0.717, 1.165) is 0 Å². The zero-order valence-corrected chi connectivity index (χ0v) is 6.68. The molecule has 0 aliphatic carbocycles. The summed E-state index contributed by atoms with van der Waals surface area (Å²) in [6.45, 7) is 8.74. The van der Waals surface area contributed by atoms with Crippen LogP contribution in [0, 0.1) is 5.92 Å². The van der Waals surface area contributed by atoms with Gasteiger partial charge >= 0.3 is 0 Å². The Balaban J connectivity index is 2.91. The number of hydrogen-bond acceptors (Lipinski definition) is 2. The van der Waals surface area contributed by atoms with Gasteiger partial charge in [-0.25, -0.2) is 9.78 Å². The lowest BCUT2D eigenvalue weighted by Gasteiger charge is -2.07. The van der Waals surface area contributed by atoms with Crippen LogP contribution >= 0.6 is 0 Å². The minimum Gasteiger partial charge on any atom is -0.236 e. The maximum absolute atomic E-state index is 4.86. The molecule has 56 valence electrons. The maximum atomic E-state index is 4.86. The van der Waals surface area contributed by atoms with Crippen molar-refractivity contribution in [2.75, 3.05) is 6.61 Å². The molecule has 9 heavy (non-hydrogen) atoms. The molecular formula is C7H16O2. The van der Waals surface area contributed by atoms with Gasteiger partial charge in [0.15, 0.2) is 0 Å². The SMILES string of the molecule is CC(C)COOC(C)C. The third-order valence-corrected chi connectivity index (χ3v) is 0.662. The van der Waals surface area contributed by atoms with Crippen molar-refractivity contribution in [3.05, 3.63) is 0 Å². The fourth-order valence-electron chi connectivity index (χ4n) is 0.311. The average Bonchev–Trinajstić information content (AvgIpc) is 1.63. The van der Waals surface area contributed by atoms with Crippen LogP contribution in [0.2, 0.25) is 0 Å². The first-order valence-corrected chi connectivity index (χ1v) is 3.41. The van der Waals surface area contributed by atoms with Crippen molar-refractivity contribution in [3.63, 3.8) is 0 Å². The van der Waals surface area contributed by atoms with Crippen LogP contribution < -0.4 is 0 Å². The van der Waals surface area contributed by atoms with Crippen LogP contribution in [0.15, 0.2) is 0 Å². The first-order chi connectivity index (χ1) is 4.13. The minimum atomic E-state index is 0.170. The molecule has 0 aliphatic rings. The van der Waals surface area contributed by atoms with E-state index in [0.29, 0.717) is 12.5 Å². The zero-order valence-electron chi connectivity index (χ0n) is 6.68. The highest BCUT2D eigenvalue weighted by Crippen LogP contribution is 1.95. The Kier molecular flexibility index (Phi) is 4.72. The lowest BCUT2D eigenvalue weighted by atomic mass is 10.2. The summed E-state index contributed by atoms with van der Waals surface area (Å²) < 4.78 is 0. The van der Waals surface area contributed by atoms with Crippen molar-refractivity contribution < 1.29 is 9.78 Å². The van der Waals surface area contributed by atoms with Gasteiger partial charge in [-0.3, -0.25) is 0 Å². The number of rotatable bonds is 4. The Morgan fingerprint density at radius 1 is 1.11 bits per heavy atom. The van der Waals surface area contributed by atoms with Crippen LogP contribution in [0.5, 0.6) is 0 Å². The molecule has 0 bridgehead atoms. The van der Waals surface area contributed by atoms with Crippen molar-refractivity contribution in [3.8, 4) is 0 Å². The van der Waals surface area contributed by atoms with Crippen LogP contribution in [0.3, 0.4) is 0 Å². The molecule has 0 aliphatic heterocycles. The summed E-state index contributed by atoms with van der Waals surface area (Å²) >= 11 is 0. The molecule has 0 saturated carbocycles. The number of hydrogen-bond donors (Lipinski definition) is 0. The fraction of sp³-hybridized carbons (Fsp3) is 1.00. The first kappa shape index (κ1) is 8.92. The third kappa shape index (κ3) is 7.92. The van der Waals surface area contributed by atoms with E-state index in [1.165, 1.54) is 0 Å². The third-order valence-electron chi connectivity index (χ3n) is 0.662. The predicted octanol–water partition coefficient (Wildman–Crippen LogP) is 2.00. The predicted molar refractivity (Wildman–Crippen MR) is 37.0 cm³/mol. The summed E-state index contributed by atoms with van der Waals surface area (Å²) in [5.41, 5.74) is 0. The summed E-state index contributed by atoms with van der Waals surface area (Å²) in [6.07, 6.45) is 0.170. The van der Waals surface area contributed by atoms with Crippen molar-refractivity contribution in [1.29, 1.82) is 0 Å². The molecule has 0 unspecified atom stereocenters. The molecule has 0 saturated heterocycles. The van der Waals surface area contributed by atoms with Crippen LogP contribution in [-0.4, -0.2) is 12.7 Å². The van der Waals surface area contributed by atoms with Gasteiger partial charge in [0.1, 0.15) is 0 Å². The van der Waals surface area contributed by atoms with Crippen molar-refractivity contribution in [2.45, 2.75) is 33.8 Å². The normalized spacial score (nSPS) is 11.3. The zero-order chi connectivity index (χ0) is 7.28. The summed E-state index contributed by atoms with van der Waals surface area (Å²) in [4.78, 5) is 9.71. The molecule has 0 spiro atoms. The van der Waals surface area contributed by atoms with E-state index in [9.17, 15) is 0 Å². The highest BCUT2D eigenvalue weighted by Gasteiger charge is 1.95. The fourth-order valence-corrected chi connectivity index (χ4v) is 0.311. The van der Waals surface area contributed by atoms with Crippen molar-refractivity contribution in [2.24, 2.45) is 5.92 Å². The summed E-state index contributed by atoms with van der Waals surface area (Å²) in [6, 6.07) is 0. The summed E-state index contributed by atoms with van der Waals surface area (Å²) in [5, 5.41) is 0. The van der Waals surface area contributed by atoms with Crippen LogP contribution in [0.4, 0.5) is 0 Å². The van der Waals surface area contributed by atoms with E-state index in [1.54, 1.807) is 0 Å². The molecule has 0 N–H and O–H groups in total. The molecule has 0 atom stereocenters. The van der Waals surface area contributed by atoms with Gasteiger partial charge in [0.25, 0.3) is 0 Å². The van der Waals surface area contributed by atoms with Gasteiger partial charge in [0, 0.05) is 0 Å². The lowest BCUT2D eigenvalue weighted by molar-refractivity contribution is -0.321. The Morgan fingerprint density at radius 3 is 2.00 bits per heavy atom. The van der Waals surface area contributed by atoms with E-state index < -0.39 is 0 Å². The van der Waals surface area contributed by atoms with Crippen LogP contribution in [-0.2, 0) is 9.78 Å². The molecule has 0 rings (SSSR count). The quantitative estimate of drug-likeness (QED) is 0.430. The smallest absolute Gasteiger partial charge is 0.0873 e. The Morgan fingerprint density at radius 2 is 1.67 bits per heavy atom. The lowest BCUT2D eigenvalue weighted by Crippen LogP contribution is -2.07. The monoisotopic (exact) mass is 132 g/mol. The van der Waals surface area contributed by atoms with E-state index in [-0.39, 0.29) is 6.10 Å². The second-order valence-electron chi connectivity index (χ2n) is 2.82. The van der Waals surface area contributed by atoms with E-state index in [4.69, 9.17) is 9.78 Å². The molecule has 0 radical (unpaired) electrons. The largest absolute Gasteiger partial charge is 0.236 e. The van der Waals surface area contributed by atoms with Gasteiger partial charge in [-0.2, -0.15) is 0 Å². The molecule has 0 amide bonds. The Labute approximate surface area is 57.1 Å².